The first kappa shape index (κ1) is 11.3. The van der Waals surface area contributed by atoms with Gasteiger partial charge >= 0.3 is 0 Å². The molecule has 1 aliphatic carbocycles. The molecule has 84 valence electrons. The zero-order valence-electron chi connectivity index (χ0n) is 8.86. The quantitative estimate of drug-likeness (QED) is 0.589. The van der Waals surface area contributed by atoms with E-state index in [2.05, 4.69) is 28.7 Å². The Morgan fingerprint density at radius 1 is 1.47 bits per heavy atom. The van der Waals surface area contributed by atoms with E-state index in [1.807, 2.05) is 17.2 Å². The molecule has 0 aromatic heterocycles. The van der Waals surface area contributed by atoms with Crippen molar-refractivity contribution in [2.24, 2.45) is 0 Å². The molecule has 0 aromatic rings. The van der Waals surface area contributed by atoms with E-state index < -0.39 is 0 Å². The zero-order valence-corrected chi connectivity index (χ0v) is 11.0. The molecule has 1 heterocycles. The van der Waals surface area contributed by atoms with Crippen LogP contribution in [-0.4, -0.2) is 28.7 Å². The minimum Gasteiger partial charge on any atom is -0.481 e. The number of nitrogens with zero attached hydrogens (tertiary/aromatic N) is 1. The zero-order chi connectivity index (χ0) is 10.7. The van der Waals surface area contributed by atoms with Crippen molar-refractivity contribution >= 4 is 22.6 Å². The van der Waals surface area contributed by atoms with Crippen LogP contribution in [-0.2, 0) is 9.57 Å². The van der Waals surface area contributed by atoms with Crippen LogP contribution in [0.2, 0.25) is 0 Å². The topological polar surface area (TPSA) is 21.7 Å². The third-order valence-corrected chi connectivity index (χ3v) is 3.83. The van der Waals surface area contributed by atoms with E-state index in [1.165, 1.54) is 6.42 Å². The van der Waals surface area contributed by atoms with Gasteiger partial charge in [-0.3, -0.25) is 4.84 Å². The molecule has 0 saturated heterocycles. The number of halogens is 1. The lowest BCUT2D eigenvalue weighted by atomic mass is 10.3. The normalized spacial score (nSPS) is 30.5. The lowest BCUT2D eigenvalue weighted by Crippen LogP contribution is -2.30. The van der Waals surface area contributed by atoms with Gasteiger partial charge in [0, 0.05) is 10.0 Å². The van der Waals surface area contributed by atoms with Crippen LogP contribution in [0, 0.1) is 0 Å². The number of ether oxygens (including phenoxy) is 1. The van der Waals surface area contributed by atoms with E-state index in [-0.39, 0.29) is 0 Å². The lowest BCUT2D eigenvalue weighted by Gasteiger charge is -2.28. The molecule has 0 radical (unpaired) electrons. The van der Waals surface area contributed by atoms with Crippen molar-refractivity contribution in [3.63, 3.8) is 0 Å². The highest BCUT2D eigenvalue weighted by Crippen LogP contribution is 2.29. The highest BCUT2D eigenvalue weighted by atomic mass is 127. The summed E-state index contributed by atoms with van der Waals surface area (Å²) in [6.45, 7) is 0.780. The van der Waals surface area contributed by atoms with E-state index in [9.17, 15) is 0 Å². The standard InChI is InChI=1S/C11H16INO2/c1-14-11-4-2-3-7-13(11)15-10-6-5-9(12)8-10/h2-4,9-10H,5-8H2,1H3/t9-,10?/m0/s1. The summed E-state index contributed by atoms with van der Waals surface area (Å²) < 4.78 is 6.02. The van der Waals surface area contributed by atoms with Crippen LogP contribution < -0.4 is 0 Å². The fraction of sp³-hybridized carbons (Fsp3) is 0.636. The molecule has 4 heteroatoms. The summed E-state index contributed by atoms with van der Waals surface area (Å²) in [4.78, 5) is 5.91. The van der Waals surface area contributed by atoms with Gasteiger partial charge in [0.1, 0.15) is 0 Å². The average molecular weight is 321 g/mol. The maximum absolute atomic E-state index is 5.91. The van der Waals surface area contributed by atoms with Crippen molar-refractivity contribution < 1.29 is 9.57 Å². The van der Waals surface area contributed by atoms with Crippen LogP contribution in [0.3, 0.4) is 0 Å². The van der Waals surface area contributed by atoms with Gasteiger partial charge in [-0.25, -0.2) is 5.06 Å². The van der Waals surface area contributed by atoms with Gasteiger partial charge in [0.25, 0.3) is 0 Å². The number of hydrogen-bond donors (Lipinski definition) is 0. The predicted octanol–water partition coefficient (Wildman–Crippen LogP) is 2.63. The van der Waals surface area contributed by atoms with Gasteiger partial charge in [-0.2, -0.15) is 0 Å². The van der Waals surface area contributed by atoms with Gasteiger partial charge in [0.2, 0.25) is 5.88 Å². The number of alkyl halides is 1. The number of hydroxylamine groups is 2. The summed E-state index contributed by atoms with van der Waals surface area (Å²) in [6.07, 6.45) is 9.92. The van der Waals surface area contributed by atoms with Gasteiger partial charge in [-0.05, 0) is 19.3 Å². The van der Waals surface area contributed by atoms with Crippen molar-refractivity contribution in [3.8, 4) is 0 Å². The van der Waals surface area contributed by atoms with Gasteiger partial charge in [0.05, 0.1) is 19.8 Å². The lowest BCUT2D eigenvalue weighted by molar-refractivity contribution is -0.190. The van der Waals surface area contributed by atoms with Crippen molar-refractivity contribution in [1.29, 1.82) is 0 Å². The Morgan fingerprint density at radius 2 is 2.33 bits per heavy atom. The monoisotopic (exact) mass is 321 g/mol. The first-order chi connectivity index (χ1) is 7.29. The Balaban J connectivity index is 1.89. The first-order valence-electron chi connectivity index (χ1n) is 5.29. The van der Waals surface area contributed by atoms with Crippen LogP contribution in [0.25, 0.3) is 0 Å². The molecule has 0 bridgehead atoms. The van der Waals surface area contributed by atoms with Gasteiger partial charge in [-0.15, -0.1) is 0 Å². The largest absolute Gasteiger partial charge is 0.481 e. The molecule has 1 saturated carbocycles. The average Bonchev–Trinajstić information content (AvgIpc) is 2.65. The molecule has 2 rings (SSSR count). The van der Waals surface area contributed by atoms with E-state index in [1.54, 1.807) is 7.11 Å². The van der Waals surface area contributed by atoms with Crippen LogP contribution in [0.4, 0.5) is 0 Å². The van der Waals surface area contributed by atoms with Crippen LogP contribution in [0.5, 0.6) is 0 Å². The third kappa shape index (κ3) is 2.87. The first-order valence-corrected chi connectivity index (χ1v) is 6.53. The summed E-state index contributed by atoms with van der Waals surface area (Å²) >= 11 is 2.50. The SMILES string of the molecule is COC1=CC=CCN1OC1CC[C@H](I)C1. The molecule has 15 heavy (non-hydrogen) atoms. The number of allylic oxidation sites excluding steroid dienone is 2. The van der Waals surface area contributed by atoms with E-state index >= 15 is 0 Å². The Kier molecular flexibility index (Phi) is 3.91. The molecule has 3 nitrogen and oxygen atoms in total. The summed E-state index contributed by atoms with van der Waals surface area (Å²) in [5.41, 5.74) is 0. The second kappa shape index (κ2) is 5.21. The summed E-state index contributed by atoms with van der Waals surface area (Å²) in [5.74, 6) is 0.800. The molecular formula is C11H16INO2. The minimum atomic E-state index is 0.358. The predicted molar refractivity (Wildman–Crippen MR) is 67.5 cm³/mol. The van der Waals surface area contributed by atoms with Crippen molar-refractivity contribution in [3.05, 3.63) is 24.1 Å². The fourth-order valence-electron chi connectivity index (χ4n) is 1.91. The second-order valence-corrected chi connectivity index (χ2v) is 5.60. The molecule has 1 fully saturated rings. The molecule has 0 N–H and O–H groups in total. The maximum atomic E-state index is 5.91. The van der Waals surface area contributed by atoms with Crippen molar-refractivity contribution in [2.45, 2.75) is 29.3 Å². The minimum absolute atomic E-state index is 0.358. The summed E-state index contributed by atoms with van der Waals surface area (Å²) in [7, 11) is 1.68. The smallest absolute Gasteiger partial charge is 0.213 e. The van der Waals surface area contributed by atoms with Crippen LogP contribution >= 0.6 is 22.6 Å². The molecule has 1 unspecified atom stereocenters. The van der Waals surface area contributed by atoms with E-state index in [4.69, 9.17) is 9.57 Å². The van der Waals surface area contributed by atoms with Gasteiger partial charge in [0.15, 0.2) is 0 Å². The molecule has 0 aromatic carbocycles. The molecule has 1 aliphatic heterocycles. The third-order valence-electron chi connectivity index (χ3n) is 2.70. The Bertz CT molecular complexity index is 278. The van der Waals surface area contributed by atoms with Crippen molar-refractivity contribution in [1.82, 2.24) is 5.06 Å². The highest BCUT2D eigenvalue weighted by Gasteiger charge is 2.26. The van der Waals surface area contributed by atoms with E-state index in [0.717, 1.165) is 29.2 Å². The maximum Gasteiger partial charge on any atom is 0.213 e. The Hall–Kier alpha value is -0.230. The number of rotatable bonds is 3. The van der Waals surface area contributed by atoms with E-state index in [0.29, 0.717) is 6.10 Å². The van der Waals surface area contributed by atoms with Gasteiger partial charge < -0.3 is 4.74 Å². The second-order valence-electron chi connectivity index (χ2n) is 3.84. The molecule has 0 spiro atoms. The Labute approximate surface area is 104 Å². The van der Waals surface area contributed by atoms with Crippen LogP contribution in [0.1, 0.15) is 19.3 Å². The molecule has 2 atom stereocenters. The summed E-state index contributed by atoms with van der Waals surface area (Å²) in [5, 5.41) is 1.85. The molecular weight excluding hydrogens is 305 g/mol. The molecule has 0 amide bonds. The molecule has 2 aliphatic rings. The fourth-order valence-corrected chi connectivity index (χ4v) is 2.84. The summed E-state index contributed by atoms with van der Waals surface area (Å²) in [6, 6.07) is 0. The van der Waals surface area contributed by atoms with Crippen LogP contribution in [0.15, 0.2) is 24.1 Å². The van der Waals surface area contributed by atoms with Gasteiger partial charge in [-0.1, -0.05) is 34.7 Å². The number of hydrogen-bond acceptors (Lipinski definition) is 3. The number of methoxy groups -OCH3 is 1. The highest BCUT2D eigenvalue weighted by molar-refractivity contribution is 14.1. The van der Waals surface area contributed by atoms with Crippen molar-refractivity contribution in [2.75, 3.05) is 13.7 Å². The Morgan fingerprint density at radius 3 is 3.00 bits per heavy atom.